The molecule has 15 heavy (non-hydrogen) atoms. The third-order valence-corrected chi connectivity index (χ3v) is 2.30. The van der Waals surface area contributed by atoms with Crippen LogP contribution in [0.25, 0.3) is 0 Å². The number of hydrogen-bond acceptors (Lipinski definition) is 2. The fourth-order valence-corrected chi connectivity index (χ4v) is 1.73. The topological polar surface area (TPSA) is 38.0 Å². The van der Waals surface area contributed by atoms with E-state index >= 15 is 0 Å². The van der Waals surface area contributed by atoms with E-state index in [1.807, 2.05) is 17.8 Å². The predicted molar refractivity (Wildman–Crippen MR) is 62.0 cm³/mol. The molecule has 0 radical (unpaired) electrons. The van der Waals surface area contributed by atoms with Crippen molar-refractivity contribution in [3.8, 4) is 0 Å². The van der Waals surface area contributed by atoms with Crippen LogP contribution in [0.2, 0.25) is 0 Å². The molecule has 1 N–H and O–H groups in total. The Morgan fingerprint density at radius 3 is 2.13 bits per heavy atom. The van der Waals surface area contributed by atoms with E-state index in [2.05, 4.69) is 25.9 Å². The first-order valence-corrected chi connectivity index (χ1v) is 5.36. The second-order valence-electron chi connectivity index (χ2n) is 5.89. The Hall–Kier alpha value is -0.830. The molecular weight excluding hydrogens is 188 g/mol. The van der Waals surface area contributed by atoms with E-state index in [-0.39, 0.29) is 5.41 Å². The van der Waals surface area contributed by atoms with Crippen LogP contribution < -0.4 is 0 Å². The van der Waals surface area contributed by atoms with Crippen molar-refractivity contribution in [3.63, 3.8) is 0 Å². The molecule has 1 rings (SSSR count). The maximum absolute atomic E-state index is 9.71. The van der Waals surface area contributed by atoms with Crippen molar-refractivity contribution in [2.75, 3.05) is 0 Å². The van der Waals surface area contributed by atoms with Gasteiger partial charge in [0.25, 0.3) is 0 Å². The summed E-state index contributed by atoms with van der Waals surface area (Å²) in [5.74, 6) is 0. The zero-order valence-electron chi connectivity index (χ0n) is 10.6. The summed E-state index contributed by atoms with van der Waals surface area (Å²) >= 11 is 0. The minimum absolute atomic E-state index is 0.113. The molecule has 3 nitrogen and oxygen atoms in total. The predicted octanol–water partition coefficient (Wildman–Crippen LogP) is 2.26. The molecule has 0 aromatic carbocycles. The van der Waals surface area contributed by atoms with Crippen LogP contribution in [-0.2, 0) is 12.0 Å². The fraction of sp³-hybridized carbons (Fsp3) is 0.750. The monoisotopic (exact) mass is 210 g/mol. The van der Waals surface area contributed by atoms with Gasteiger partial charge in [-0.2, -0.15) is 5.10 Å². The summed E-state index contributed by atoms with van der Waals surface area (Å²) in [7, 11) is 0. The van der Waals surface area contributed by atoms with Gasteiger partial charge < -0.3 is 5.11 Å². The quantitative estimate of drug-likeness (QED) is 0.813. The first-order valence-electron chi connectivity index (χ1n) is 5.36. The summed E-state index contributed by atoms with van der Waals surface area (Å²) in [5.41, 5.74) is 1.69. The van der Waals surface area contributed by atoms with Gasteiger partial charge in [0.05, 0.1) is 17.8 Å². The van der Waals surface area contributed by atoms with Gasteiger partial charge in [-0.25, -0.2) is 0 Å². The van der Waals surface area contributed by atoms with E-state index in [0.29, 0.717) is 6.54 Å². The van der Waals surface area contributed by atoms with Gasteiger partial charge in [-0.05, 0) is 31.7 Å². The largest absolute Gasteiger partial charge is 0.389 e. The highest BCUT2D eigenvalue weighted by Crippen LogP contribution is 2.25. The first kappa shape index (κ1) is 12.2. The molecule has 1 heterocycles. The van der Waals surface area contributed by atoms with E-state index in [0.717, 1.165) is 5.69 Å². The van der Waals surface area contributed by atoms with E-state index < -0.39 is 5.60 Å². The van der Waals surface area contributed by atoms with Crippen molar-refractivity contribution in [3.05, 3.63) is 17.5 Å². The second kappa shape index (κ2) is 3.63. The van der Waals surface area contributed by atoms with Crippen LogP contribution in [0.3, 0.4) is 0 Å². The van der Waals surface area contributed by atoms with Crippen molar-refractivity contribution < 1.29 is 5.11 Å². The molecule has 0 bridgehead atoms. The van der Waals surface area contributed by atoms with Gasteiger partial charge in [-0.15, -0.1) is 0 Å². The zero-order chi connectivity index (χ0) is 11.9. The standard InChI is InChI=1S/C12H22N2O/c1-9-10(11(2,3)4)7-14(13-9)8-12(5,6)15/h7,15H,8H2,1-6H3. The third-order valence-electron chi connectivity index (χ3n) is 2.30. The molecule has 3 heteroatoms. The molecular formula is C12H22N2O. The Balaban J connectivity index is 2.97. The number of rotatable bonds is 2. The summed E-state index contributed by atoms with van der Waals surface area (Å²) in [6.45, 7) is 12.6. The number of aromatic nitrogens is 2. The highest BCUT2D eigenvalue weighted by atomic mass is 16.3. The lowest BCUT2D eigenvalue weighted by molar-refractivity contribution is 0.0576. The Bertz CT molecular complexity index is 339. The van der Waals surface area contributed by atoms with Gasteiger partial charge in [0.15, 0.2) is 0 Å². The summed E-state index contributed by atoms with van der Waals surface area (Å²) < 4.78 is 1.83. The van der Waals surface area contributed by atoms with Gasteiger partial charge >= 0.3 is 0 Å². The smallest absolute Gasteiger partial charge is 0.0786 e. The molecule has 0 aliphatic heterocycles. The molecule has 0 aliphatic carbocycles. The van der Waals surface area contributed by atoms with E-state index in [4.69, 9.17) is 0 Å². The maximum Gasteiger partial charge on any atom is 0.0786 e. The van der Waals surface area contributed by atoms with Crippen LogP contribution in [0.1, 0.15) is 45.9 Å². The van der Waals surface area contributed by atoms with Gasteiger partial charge in [0, 0.05) is 6.20 Å². The molecule has 0 atom stereocenters. The summed E-state index contributed by atoms with van der Waals surface area (Å²) in [6.07, 6.45) is 2.04. The lowest BCUT2D eigenvalue weighted by Crippen LogP contribution is -2.26. The summed E-state index contributed by atoms with van der Waals surface area (Å²) in [5, 5.41) is 14.1. The SMILES string of the molecule is Cc1nn(CC(C)(C)O)cc1C(C)(C)C. The second-order valence-corrected chi connectivity index (χ2v) is 5.89. The number of aliphatic hydroxyl groups is 1. The Morgan fingerprint density at radius 2 is 1.80 bits per heavy atom. The van der Waals surface area contributed by atoms with Gasteiger partial charge in [0.1, 0.15) is 0 Å². The minimum Gasteiger partial charge on any atom is -0.389 e. The van der Waals surface area contributed by atoms with Crippen LogP contribution in [0.5, 0.6) is 0 Å². The van der Waals surface area contributed by atoms with Crippen molar-refractivity contribution in [1.29, 1.82) is 0 Å². The minimum atomic E-state index is -0.715. The lowest BCUT2D eigenvalue weighted by Gasteiger charge is -2.18. The van der Waals surface area contributed by atoms with Crippen LogP contribution in [0.4, 0.5) is 0 Å². The molecule has 86 valence electrons. The van der Waals surface area contributed by atoms with Gasteiger partial charge in [-0.3, -0.25) is 4.68 Å². The Kier molecular flexibility index (Phi) is 2.97. The number of hydrogen-bond donors (Lipinski definition) is 1. The zero-order valence-corrected chi connectivity index (χ0v) is 10.6. The van der Waals surface area contributed by atoms with Gasteiger partial charge in [-0.1, -0.05) is 20.8 Å². The molecule has 0 saturated carbocycles. The van der Waals surface area contributed by atoms with Crippen molar-refractivity contribution >= 4 is 0 Å². The Morgan fingerprint density at radius 1 is 1.27 bits per heavy atom. The molecule has 1 aromatic rings. The van der Waals surface area contributed by atoms with Gasteiger partial charge in [0.2, 0.25) is 0 Å². The van der Waals surface area contributed by atoms with Crippen molar-refractivity contribution in [1.82, 2.24) is 9.78 Å². The third kappa shape index (κ3) is 3.34. The van der Waals surface area contributed by atoms with E-state index in [1.165, 1.54) is 5.56 Å². The lowest BCUT2D eigenvalue weighted by atomic mass is 9.88. The van der Waals surface area contributed by atoms with Crippen LogP contribution in [0.15, 0.2) is 6.20 Å². The van der Waals surface area contributed by atoms with Crippen LogP contribution in [0, 0.1) is 6.92 Å². The average molecular weight is 210 g/mol. The molecule has 0 spiro atoms. The molecule has 0 saturated heterocycles. The normalized spacial score (nSPS) is 13.3. The van der Waals surface area contributed by atoms with E-state index in [1.54, 1.807) is 13.8 Å². The highest BCUT2D eigenvalue weighted by molar-refractivity contribution is 5.23. The molecule has 0 fully saturated rings. The van der Waals surface area contributed by atoms with E-state index in [9.17, 15) is 5.11 Å². The Labute approximate surface area is 92.1 Å². The molecule has 0 aliphatic rings. The fourth-order valence-electron chi connectivity index (χ4n) is 1.73. The number of nitrogens with zero attached hydrogens (tertiary/aromatic N) is 2. The molecule has 0 unspecified atom stereocenters. The summed E-state index contributed by atoms with van der Waals surface area (Å²) in [6, 6.07) is 0. The summed E-state index contributed by atoms with van der Waals surface area (Å²) in [4.78, 5) is 0. The maximum atomic E-state index is 9.71. The van der Waals surface area contributed by atoms with Crippen LogP contribution in [-0.4, -0.2) is 20.5 Å². The number of aryl methyl sites for hydroxylation is 1. The molecule has 1 aromatic heterocycles. The van der Waals surface area contributed by atoms with Crippen LogP contribution >= 0.6 is 0 Å². The average Bonchev–Trinajstić information content (AvgIpc) is 2.25. The first-order chi connectivity index (χ1) is 6.59. The molecule has 0 amide bonds. The van der Waals surface area contributed by atoms with Crippen molar-refractivity contribution in [2.45, 2.75) is 59.1 Å². The van der Waals surface area contributed by atoms with Crippen molar-refractivity contribution in [2.24, 2.45) is 0 Å². The highest BCUT2D eigenvalue weighted by Gasteiger charge is 2.21.